The Morgan fingerprint density at radius 1 is 1.31 bits per heavy atom. The van der Waals surface area contributed by atoms with Gasteiger partial charge in [-0.25, -0.2) is 0 Å². The van der Waals surface area contributed by atoms with Gasteiger partial charge in [0.1, 0.15) is 0 Å². The lowest BCUT2D eigenvalue weighted by molar-refractivity contribution is -0.121. The lowest BCUT2D eigenvalue weighted by atomic mass is 10.2. The van der Waals surface area contributed by atoms with Crippen LogP contribution in [0.25, 0.3) is 0 Å². The molecule has 16 heavy (non-hydrogen) atoms. The molecule has 96 valence electrons. The van der Waals surface area contributed by atoms with Crippen molar-refractivity contribution in [3.05, 3.63) is 0 Å². The van der Waals surface area contributed by atoms with Crippen LogP contribution in [0.5, 0.6) is 0 Å². The Balaban J connectivity index is 3.37. The van der Waals surface area contributed by atoms with Crippen molar-refractivity contribution in [1.82, 2.24) is 10.6 Å². The SMILES string of the molecule is COCC(C)CNC(=O)CCCNC(C)C. The molecule has 4 heteroatoms. The summed E-state index contributed by atoms with van der Waals surface area (Å²) in [5.74, 6) is 0.510. The Morgan fingerprint density at radius 2 is 2.00 bits per heavy atom. The van der Waals surface area contributed by atoms with Gasteiger partial charge in [-0.3, -0.25) is 4.79 Å². The first-order valence-corrected chi connectivity index (χ1v) is 6.05. The lowest BCUT2D eigenvalue weighted by Gasteiger charge is -2.12. The zero-order valence-corrected chi connectivity index (χ0v) is 11.0. The molecule has 0 saturated carbocycles. The standard InChI is InChI=1S/C12H26N2O2/c1-10(2)13-7-5-6-12(15)14-8-11(3)9-16-4/h10-11,13H,5-9H2,1-4H3,(H,14,15). The summed E-state index contributed by atoms with van der Waals surface area (Å²) >= 11 is 0. The molecule has 0 fully saturated rings. The monoisotopic (exact) mass is 230 g/mol. The number of hydrogen-bond acceptors (Lipinski definition) is 3. The Bertz CT molecular complexity index is 184. The maximum atomic E-state index is 11.4. The molecule has 0 aromatic rings. The first kappa shape index (κ1) is 15.4. The molecule has 0 saturated heterocycles. The number of nitrogens with one attached hydrogen (secondary N) is 2. The van der Waals surface area contributed by atoms with Crippen molar-refractivity contribution in [1.29, 1.82) is 0 Å². The molecular formula is C12H26N2O2. The van der Waals surface area contributed by atoms with Gasteiger partial charge in [0.25, 0.3) is 0 Å². The number of amides is 1. The van der Waals surface area contributed by atoms with Gasteiger partial charge >= 0.3 is 0 Å². The maximum Gasteiger partial charge on any atom is 0.220 e. The van der Waals surface area contributed by atoms with Gasteiger partial charge in [0.15, 0.2) is 0 Å². The molecule has 0 aromatic carbocycles. The second-order valence-corrected chi connectivity index (χ2v) is 4.58. The van der Waals surface area contributed by atoms with Gasteiger partial charge in [0.05, 0.1) is 6.61 Å². The predicted molar refractivity (Wildman–Crippen MR) is 66.4 cm³/mol. The summed E-state index contributed by atoms with van der Waals surface area (Å²) < 4.78 is 5.00. The highest BCUT2D eigenvalue weighted by atomic mass is 16.5. The van der Waals surface area contributed by atoms with E-state index in [-0.39, 0.29) is 5.91 Å². The molecule has 1 amide bonds. The van der Waals surface area contributed by atoms with E-state index in [0.717, 1.165) is 13.0 Å². The fraction of sp³-hybridized carbons (Fsp3) is 0.917. The summed E-state index contributed by atoms with van der Waals surface area (Å²) in [4.78, 5) is 11.4. The fourth-order valence-corrected chi connectivity index (χ4v) is 1.36. The Morgan fingerprint density at radius 3 is 2.56 bits per heavy atom. The molecule has 0 heterocycles. The highest BCUT2D eigenvalue weighted by molar-refractivity contribution is 5.75. The summed E-state index contributed by atoms with van der Waals surface area (Å²) in [5, 5.41) is 6.19. The summed E-state index contributed by atoms with van der Waals surface area (Å²) in [5.41, 5.74) is 0. The van der Waals surface area contributed by atoms with E-state index in [2.05, 4.69) is 31.4 Å². The van der Waals surface area contributed by atoms with E-state index in [1.807, 2.05) is 0 Å². The summed E-state index contributed by atoms with van der Waals surface area (Å²) in [6, 6.07) is 0.491. The van der Waals surface area contributed by atoms with Crippen LogP contribution >= 0.6 is 0 Å². The average Bonchev–Trinajstić information content (AvgIpc) is 2.22. The van der Waals surface area contributed by atoms with Gasteiger partial charge in [0, 0.05) is 26.1 Å². The minimum atomic E-state index is 0.133. The van der Waals surface area contributed by atoms with E-state index < -0.39 is 0 Å². The fourth-order valence-electron chi connectivity index (χ4n) is 1.36. The highest BCUT2D eigenvalue weighted by Crippen LogP contribution is 1.94. The van der Waals surface area contributed by atoms with Crippen molar-refractivity contribution in [3.63, 3.8) is 0 Å². The van der Waals surface area contributed by atoms with Crippen LogP contribution in [0.1, 0.15) is 33.6 Å². The Hall–Kier alpha value is -0.610. The number of methoxy groups -OCH3 is 1. The third-order valence-corrected chi connectivity index (χ3v) is 2.23. The maximum absolute atomic E-state index is 11.4. The van der Waals surface area contributed by atoms with Crippen molar-refractivity contribution < 1.29 is 9.53 Å². The molecule has 4 nitrogen and oxygen atoms in total. The van der Waals surface area contributed by atoms with Crippen molar-refractivity contribution in [2.75, 3.05) is 26.8 Å². The average molecular weight is 230 g/mol. The summed E-state index contributed by atoms with van der Waals surface area (Å²) in [7, 11) is 1.68. The zero-order valence-electron chi connectivity index (χ0n) is 11.0. The first-order valence-electron chi connectivity index (χ1n) is 6.05. The van der Waals surface area contributed by atoms with Crippen LogP contribution in [-0.2, 0) is 9.53 Å². The van der Waals surface area contributed by atoms with Gasteiger partial charge in [-0.15, -0.1) is 0 Å². The Kier molecular flexibility index (Phi) is 9.24. The van der Waals surface area contributed by atoms with E-state index in [1.165, 1.54) is 0 Å². The van der Waals surface area contributed by atoms with E-state index in [0.29, 0.717) is 31.5 Å². The minimum Gasteiger partial charge on any atom is -0.384 e. The van der Waals surface area contributed by atoms with E-state index in [1.54, 1.807) is 7.11 Å². The van der Waals surface area contributed by atoms with Crippen LogP contribution in [0.4, 0.5) is 0 Å². The van der Waals surface area contributed by atoms with Crippen molar-refractivity contribution in [2.24, 2.45) is 5.92 Å². The molecule has 0 rings (SSSR count). The van der Waals surface area contributed by atoms with Gasteiger partial charge < -0.3 is 15.4 Å². The van der Waals surface area contributed by atoms with Crippen LogP contribution in [0.2, 0.25) is 0 Å². The van der Waals surface area contributed by atoms with Crippen LogP contribution in [0, 0.1) is 5.92 Å². The zero-order chi connectivity index (χ0) is 12.4. The number of rotatable bonds is 9. The minimum absolute atomic E-state index is 0.133. The second kappa shape index (κ2) is 9.60. The lowest BCUT2D eigenvalue weighted by Crippen LogP contribution is -2.31. The summed E-state index contributed by atoms with van der Waals surface area (Å²) in [6.45, 7) is 8.56. The number of carbonyl (C=O) groups excluding carboxylic acids is 1. The molecule has 0 spiro atoms. The molecule has 1 unspecified atom stereocenters. The molecule has 0 aromatic heterocycles. The van der Waals surface area contributed by atoms with Gasteiger partial charge in [0.2, 0.25) is 5.91 Å². The number of ether oxygens (including phenoxy) is 1. The van der Waals surface area contributed by atoms with Crippen LogP contribution in [0.15, 0.2) is 0 Å². The molecule has 0 aliphatic heterocycles. The molecule has 0 aliphatic rings. The smallest absolute Gasteiger partial charge is 0.220 e. The molecule has 0 aliphatic carbocycles. The molecule has 0 radical (unpaired) electrons. The van der Waals surface area contributed by atoms with Gasteiger partial charge in [-0.1, -0.05) is 20.8 Å². The molecule has 1 atom stereocenters. The topological polar surface area (TPSA) is 50.4 Å². The van der Waals surface area contributed by atoms with E-state index in [9.17, 15) is 4.79 Å². The largest absolute Gasteiger partial charge is 0.384 e. The van der Waals surface area contributed by atoms with Gasteiger partial charge in [-0.2, -0.15) is 0 Å². The van der Waals surface area contributed by atoms with Crippen molar-refractivity contribution in [2.45, 2.75) is 39.7 Å². The molecule has 2 N–H and O–H groups in total. The number of carbonyl (C=O) groups is 1. The van der Waals surface area contributed by atoms with Crippen LogP contribution < -0.4 is 10.6 Å². The number of hydrogen-bond donors (Lipinski definition) is 2. The van der Waals surface area contributed by atoms with Crippen molar-refractivity contribution >= 4 is 5.91 Å². The normalized spacial score (nSPS) is 12.8. The van der Waals surface area contributed by atoms with E-state index in [4.69, 9.17) is 4.74 Å². The van der Waals surface area contributed by atoms with Crippen molar-refractivity contribution in [3.8, 4) is 0 Å². The van der Waals surface area contributed by atoms with Crippen LogP contribution in [0.3, 0.4) is 0 Å². The first-order chi connectivity index (χ1) is 7.56. The summed E-state index contributed by atoms with van der Waals surface area (Å²) in [6.07, 6.45) is 1.49. The third kappa shape index (κ3) is 9.93. The highest BCUT2D eigenvalue weighted by Gasteiger charge is 2.05. The van der Waals surface area contributed by atoms with Gasteiger partial charge in [-0.05, 0) is 18.9 Å². The molecule has 0 bridgehead atoms. The third-order valence-electron chi connectivity index (χ3n) is 2.23. The molecular weight excluding hydrogens is 204 g/mol. The predicted octanol–water partition coefficient (Wildman–Crippen LogP) is 1.16. The van der Waals surface area contributed by atoms with E-state index >= 15 is 0 Å². The van der Waals surface area contributed by atoms with Crippen LogP contribution in [-0.4, -0.2) is 38.8 Å². The second-order valence-electron chi connectivity index (χ2n) is 4.58. The Labute approximate surface area is 99.1 Å². The quantitative estimate of drug-likeness (QED) is 0.584.